The summed E-state index contributed by atoms with van der Waals surface area (Å²) in [7, 11) is 1.20. The molecule has 2 unspecified atom stereocenters. The summed E-state index contributed by atoms with van der Waals surface area (Å²) in [6, 6.07) is 5.89. The molecule has 0 aliphatic heterocycles. The molecule has 5 nitrogen and oxygen atoms in total. The van der Waals surface area contributed by atoms with Gasteiger partial charge in [-0.25, -0.2) is 0 Å². The fraction of sp³-hybridized carbons (Fsp3) is 0.565. The highest BCUT2D eigenvalue weighted by Gasteiger charge is 2.60. The topological polar surface area (TPSA) is 72.8 Å². The molecule has 0 aromatic heterocycles. The molecule has 0 saturated heterocycles. The summed E-state index contributed by atoms with van der Waals surface area (Å²) < 4.78 is 51.1. The van der Waals surface area contributed by atoms with Gasteiger partial charge in [0.15, 0.2) is 5.78 Å². The van der Waals surface area contributed by atoms with Crippen LogP contribution in [0.1, 0.15) is 36.0 Å². The molecule has 172 valence electrons. The monoisotopic (exact) mass is 442 g/mol. The van der Waals surface area contributed by atoms with Crippen molar-refractivity contribution in [3.05, 3.63) is 47.2 Å². The lowest BCUT2D eigenvalue weighted by molar-refractivity contribution is -0.199. The Morgan fingerprint density at radius 1 is 1.23 bits per heavy atom. The number of aryl methyl sites for hydroxylation is 3. The van der Waals surface area contributed by atoms with E-state index in [0.717, 1.165) is 16.7 Å². The summed E-state index contributed by atoms with van der Waals surface area (Å²) in [6.45, 7) is 3.92. The van der Waals surface area contributed by atoms with Crippen molar-refractivity contribution in [2.24, 2.45) is 17.8 Å². The smallest absolute Gasteiger partial charge is 0.401 e. The van der Waals surface area contributed by atoms with Gasteiger partial charge in [0.2, 0.25) is 0 Å². The van der Waals surface area contributed by atoms with E-state index in [0.29, 0.717) is 12.8 Å². The third-order valence-electron chi connectivity index (χ3n) is 5.91. The first kappa shape index (κ1) is 24.9. The van der Waals surface area contributed by atoms with E-state index in [2.05, 4.69) is 0 Å². The van der Waals surface area contributed by atoms with Crippen molar-refractivity contribution < 1.29 is 37.3 Å². The quantitative estimate of drug-likeness (QED) is 0.422. The molecule has 1 saturated carbocycles. The van der Waals surface area contributed by atoms with Gasteiger partial charge in [-0.05, 0) is 61.8 Å². The third-order valence-corrected chi connectivity index (χ3v) is 5.91. The largest absolute Gasteiger partial charge is 0.501 e. The highest BCUT2D eigenvalue weighted by molar-refractivity contribution is 5.87. The number of carbonyl (C=O) groups excluding carboxylic acids is 1. The zero-order valence-corrected chi connectivity index (χ0v) is 17.9. The number of carbonyl (C=O) groups is 2. The van der Waals surface area contributed by atoms with Crippen LogP contribution in [-0.4, -0.2) is 42.9 Å². The van der Waals surface area contributed by atoms with Crippen molar-refractivity contribution in [3.63, 3.8) is 0 Å². The minimum Gasteiger partial charge on any atom is -0.501 e. The lowest BCUT2D eigenvalue weighted by Gasteiger charge is -2.24. The lowest BCUT2D eigenvalue weighted by atomic mass is 9.86. The van der Waals surface area contributed by atoms with Crippen molar-refractivity contribution in [1.29, 1.82) is 0 Å². The molecule has 1 fully saturated rings. The highest BCUT2D eigenvalue weighted by Crippen LogP contribution is 2.47. The van der Waals surface area contributed by atoms with Crippen LogP contribution in [0.5, 0.6) is 0 Å². The molecular weight excluding hydrogens is 413 g/mol. The van der Waals surface area contributed by atoms with Gasteiger partial charge in [-0.1, -0.05) is 18.2 Å². The van der Waals surface area contributed by atoms with E-state index in [4.69, 9.17) is 14.6 Å². The number of rotatable bonds is 10. The van der Waals surface area contributed by atoms with Gasteiger partial charge < -0.3 is 14.6 Å². The average molecular weight is 442 g/mol. The number of hydrogen-bond acceptors (Lipinski definition) is 4. The van der Waals surface area contributed by atoms with Crippen molar-refractivity contribution in [3.8, 4) is 0 Å². The van der Waals surface area contributed by atoms with Gasteiger partial charge in [-0.15, -0.1) is 0 Å². The standard InChI is InChI=1S/C23H29F3O5/c1-14-6-7-16(13-15(14)2)8-9-17-18(5-4-11-31-12-10-19(27)28)22(30-3)20(21(17)29)23(24,25)26/h4,6-7,11,13,17-18,20,22H,5,8-10,12H2,1-3H3,(H,27,28)/t17-,18-,20?,22?/m1/s1. The van der Waals surface area contributed by atoms with E-state index in [9.17, 15) is 22.8 Å². The second-order valence-corrected chi connectivity index (χ2v) is 7.97. The van der Waals surface area contributed by atoms with E-state index in [1.165, 1.54) is 19.4 Å². The van der Waals surface area contributed by atoms with Crippen LogP contribution in [0.3, 0.4) is 0 Å². The normalized spacial score (nSPS) is 24.1. The summed E-state index contributed by atoms with van der Waals surface area (Å²) in [5.41, 5.74) is 3.20. The molecular formula is C23H29F3O5. The number of aliphatic carboxylic acids is 1. The number of methoxy groups -OCH3 is 1. The lowest BCUT2D eigenvalue weighted by Crippen LogP contribution is -2.37. The van der Waals surface area contributed by atoms with Crippen LogP contribution < -0.4 is 0 Å². The van der Waals surface area contributed by atoms with E-state index in [1.54, 1.807) is 0 Å². The molecule has 0 amide bonds. The summed E-state index contributed by atoms with van der Waals surface area (Å²) in [6.07, 6.45) is -2.34. The van der Waals surface area contributed by atoms with Crippen LogP contribution in [0.4, 0.5) is 13.2 Å². The first-order chi connectivity index (χ1) is 14.6. The summed E-state index contributed by atoms with van der Waals surface area (Å²) in [5.74, 6) is -5.41. The molecule has 1 aromatic carbocycles. The Hall–Kier alpha value is -2.35. The van der Waals surface area contributed by atoms with Gasteiger partial charge in [-0.2, -0.15) is 13.2 Å². The zero-order valence-electron chi connectivity index (χ0n) is 17.9. The zero-order chi connectivity index (χ0) is 23.2. The Bertz CT molecular complexity index is 803. The van der Waals surface area contributed by atoms with Crippen LogP contribution in [-0.2, 0) is 25.5 Å². The molecule has 0 bridgehead atoms. The van der Waals surface area contributed by atoms with Crippen LogP contribution in [0.25, 0.3) is 0 Å². The molecule has 8 heteroatoms. The molecule has 31 heavy (non-hydrogen) atoms. The Morgan fingerprint density at radius 3 is 2.52 bits per heavy atom. The molecule has 4 atom stereocenters. The maximum absolute atomic E-state index is 13.6. The van der Waals surface area contributed by atoms with Crippen LogP contribution >= 0.6 is 0 Å². The Labute approximate surface area is 180 Å². The van der Waals surface area contributed by atoms with Gasteiger partial charge in [-0.3, -0.25) is 9.59 Å². The second kappa shape index (κ2) is 10.8. The van der Waals surface area contributed by atoms with E-state index in [1.807, 2.05) is 32.0 Å². The van der Waals surface area contributed by atoms with E-state index < -0.39 is 41.8 Å². The fourth-order valence-corrected chi connectivity index (χ4v) is 4.17. The van der Waals surface area contributed by atoms with Crippen LogP contribution in [0.2, 0.25) is 0 Å². The molecule has 0 heterocycles. The maximum atomic E-state index is 13.6. The highest BCUT2D eigenvalue weighted by atomic mass is 19.4. The number of Topliss-reactive ketones (excluding diaryl/α,β-unsaturated/α-hetero) is 1. The number of alkyl halides is 3. The van der Waals surface area contributed by atoms with Crippen LogP contribution in [0.15, 0.2) is 30.5 Å². The van der Waals surface area contributed by atoms with Crippen molar-refractivity contribution >= 4 is 11.8 Å². The molecule has 1 N–H and O–H groups in total. The van der Waals surface area contributed by atoms with Crippen molar-refractivity contribution in [2.45, 2.75) is 51.8 Å². The maximum Gasteiger partial charge on any atom is 0.401 e. The average Bonchev–Trinajstić information content (AvgIpc) is 2.96. The number of carboxylic acid groups (broad SMARTS) is 1. The number of carboxylic acids is 1. The number of ether oxygens (including phenoxy) is 2. The fourth-order valence-electron chi connectivity index (χ4n) is 4.17. The summed E-state index contributed by atoms with van der Waals surface area (Å²) in [5, 5.41) is 8.60. The Kier molecular flexibility index (Phi) is 8.68. The summed E-state index contributed by atoms with van der Waals surface area (Å²) in [4.78, 5) is 23.3. The summed E-state index contributed by atoms with van der Waals surface area (Å²) >= 11 is 0. The SMILES string of the molecule is COC1C(C(F)(F)F)C(=O)[C@H](CCc2ccc(C)c(C)c2)[C@H]1CC=COCCC(=O)O. The number of hydrogen-bond donors (Lipinski definition) is 1. The molecule has 1 aromatic rings. The number of allylic oxidation sites excluding steroid dienone is 1. The number of benzene rings is 1. The molecule has 1 aliphatic rings. The van der Waals surface area contributed by atoms with E-state index in [-0.39, 0.29) is 19.4 Å². The molecule has 2 rings (SSSR count). The molecule has 0 radical (unpaired) electrons. The number of ketones is 1. The van der Waals surface area contributed by atoms with Gasteiger partial charge in [0.05, 0.1) is 25.4 Å². The first-order valence-electron chi connectivity index (χ1n) is 10.2. The van der Waals surface area contributed by atoms with E-state index >= 15 is 0 Å². The van der Waals surface area contributed by atoms with Crippen molar-refractivity contribution in [2.75, 3.05) is 13.7 Å². The predicted octanol–water partition coefficient (Wildman–Crippen LogP) is 4.64. The van der Waals surface area contributed by atoms with Gasteiger partial charge in [0, 0.05) is 13.0 Å². The Morgan fingerprint density at radius 2 is 1.94 bits per heavy atom. The van der Waals surface area contributed by atoms with Gasteiger partial charge >= 0.3 is 12.1 Å². The predicted molar refractivity (Wildman–Crippen MR) is 109 cm³/mol. The second-order valence-electron chi connectivity index (χ2n) is 7.97. The van der Waals surface area contributed by atoms with Gasteiger partial charge in [0.1, 0.15) is 5.92 Å². The minimum atomic E-state index is -4.67. The molecule has 0 spiro atoms. The first-order valence-corrected chi connectivity index (χ1v) is 10.2. The third kappa shape index (κ3) is 6.56. The van der Waals surface area contributed by atoms with Crippen LogP contribution in [0, 0.1) is 31.6 Å². The molecule has 1 aliphatic carbocycles. The Balaban J connectivity index is 2.15. The minimum absolute atomic E-state index is 0.0372. The number of halogens is 3. The van der Waals surface area contributed by atoms with Crippen molar-refractivity contribution in [1.82, 2.24) is 0 Å². The van der Waals surface area contributed by atoms with Gasteiger partial charge in [0.25, 0.3) is 0 Å².